The zero-order valence-electron chi connectivity index (χ0n) is 7.94. The summed E-state index contributed by atoms with van der Waals surface area (Å²) in [5, 5.41) is 8.67. The number of aryl methyl sites for hydroxylation is 1. The molecule has 1 aliphatic heterocycles. The van der Waals surface area contributed by atoms with Gasteiger partial charge in [-0.25, -0.2) is 0 Å². The lowest BCUT2D eigenvalue weighted by Gasteiger charge is -2.25. The van der Waals surface area contributed by atoms with E-state index in [9.17, 15) is 4.79 Å². The molecule has 0 saturated carbocycles. The molecule has 1 aromatic rings. The molecular formula is C11H12N2O. The van der Waals surface area contributed by atoms with Crippen molar-refractivity contribution in [2.45, 2.75) is 31.7 Å². The number of hydrogen-bond acceptors (Lipinski definition) is 2. The Morgan fingerprint density at radius 3 is 3.21 bits per heavy atom. The average Bonchev–Trinajstić information content (AvgIpc) is 2.19. The molecule has 0 radical (unpaired) electrons. The summed E-state index contributed by atoms with van der Waals surface area (Å²) in [5.74, 6) is 0. The zero-order chi connectivity index (χ0) is 9.97. The van der Waals surface area contributed by atoms with Gasteiger partial charge in [-0.1, -0.05) is 6.07 Å². The van der Waals surface area contributed by atoms with E-state index in [4.69, 9.17) is 5.26 Å². The Hall–Kier alpha value is -1.56. The van der Waals surface area contributed by atoms with E-state index in [0.717, 1.165) is 25.0 Å². The van der Waals surface area contributed by atoms with Crippen molar-refractivity contribution in [2.24, 2.45) is 0 Å². The van der Waals surface area contributed by atoms with Crippen LogP contribution in [0.4, 0.5) is 0 Å². The average molecular weight is 188 g/mol. The Labute approximate surface area is 82.6 Å². The first kappa shape index (κ1) is 9.01. The fourth-order valence-electron chi connectivity index (χ4n) is 2.11. The van der Waals surface area contributed by atoms with Crippen molar-refractivity contribution >= 4 is 0 Å². The van der Waals surface area contributed by atoms with Gasteiger partial charge in [0.05, 0.1) is 12.5 Å². The van der Waals surface area contributed by atoms with Crippen LogP contribution in [0, 0.1) is 11.3 Å². The minimum Gasteiger partial charge on any atom is -0.309 e. The second kappa shape index (κ2) is 3.67. The number of aromatic nitrogens is 1. The van der Waals surface area contributed by atoms with Crippen molar-refractivity contribution in [3.05, 3.63) is 34.2 Å². The third-order valence-electron chi connectivity index (χ3n) is 2.74. The Morgan fingerprint density at radius 1 is 1.57 bits per heavy atom. The van der Waals surface area contributed by atoms with Crippen LogP contribution in [0.3, 0.4) is 0 Å². The number of hydrogen-bond donors (Lipinski definition) is 0. The number of rotatable bonds is 1. The van der Waals surface area contributed by atoms with Crippen LogP contribution in [0.5, 0.6) is 0 Å². The third kappa shape index (κ3) is 1.44. The van der Waals surface area contributed by atoms with Crippen LogP contribution >= 0.6 is 0 Å². The van der Waals surface area contributed by atoms with Crippen LogP contribution in [0.15, 0.2) is 23.0 Å². The molecule has 0 amide bonds. The first-order valence-electron chi connectivity index (χ1n) is 4.90. The van der Waals surface area contributed by atoms with E-state index in [1.807, 2.05) is 6.07 Å². The first-order chi connectivity index (χ1) is 6.83. The monoisotopic (exact) mass is 188 g/mol. The molecule has 2 rings (SSSR count). The van der Waals surface area contributed by atoms with Crippen LogP contribution in [0.2, 0.25) is 0 Å². The lowest BCUT2D eigenvalue weighted by Crippen LogP contribution is -2.29. The van der Waals surface area contributed by atoms with Gasteiger partial charge < -0.3 is 4.57 Å². The molecule has 0 bridgehead atoms. The largest absolute Gasteiger partial charge is 0.309 e. The first-order valence-corrected chi connectivity index (χ1v) is 4.90. The predicted molar refractivity (Wildman–Crippen MR) is 52.9 cm³/mol. The molecule has 2 heterocycles. The normalized spacial score (nSPS) is 19.8. The SMILES string of the molecule is N#CC[C@@H]1CCCc2cccc(=O)n21. The molecule has 0 spiro atoms. The standard InChI is InChI=1S/C11H12N2O/c12-8-7-10-4-1-3-9-5-2-6-11(14)13(9)10/h2,5-6,10H,1,3-4,7H2/t10-/m0/s1. The fraction of sp³-hybridized carbons (Fsp3) is 0.455. The molecule has 1 atom stereocenters. The molecule has 72 valence electrons. The quantitative estimate of drug-likeness (QED) is 0.672. The van der Waals surface area contributed by atoms with Crippen molar-refractivity contribution in [2.75, 3.05) is 0 Å². The third-order valence-corrected chi connectivity index (χ3v) is 2.74. The molecule has 0 N–H and O–H groups in total. The van der Waals surface area contributed by atoms with Gasteiger partial charge in [0.25, 0.3) is 5.56 Å². The summed E-state index contributed by atoms with van der Waals surface area (Å²) >= 11 is 0. The van der Waals surface area contributed by atoms with Gasteiger partial charge in [-0.2, -0.15) is 5.26 Å². The van der Waals surface area contributed by atoms with Crippen LogP contribution in [0.1, 0.15) is 31.0 Å². The number of nitriles is 1. The summed E-state index contributed by atoms with van der Waals surface area (Å²) in [6, 6.07) is 7.58. The number of fused-ring (bicyclic) bond motifs is 1. The molecule has 0 saturated heterocycles. The Balaban J connectivity index is 2.48. The van der Waals surface area contributed by atoms with E-state index >= 15 is 0 Å². The van der Waals surface area contributed by atoms with Crippen molar-refractivity contribution in [3.8, 4) is 6.07 Å². The summed E-state index contributed by atoms with van der Waals surface area (Å²) in [4.78, 5) is 11.6. The highest BCUT2D eigenvalue weighted by atomic mass is 16.1. The maximum atomic E-state index is 11.6. The predicted octanol–water partition coefficient (Wildman–Crippen LogP) is 1.64. The van der Waals surface area contributed by atoms with E-state index in [2.05, 4.69) is 6.07 Å². The van der Waals surface area contributed by atoms with E-state index in [-0.39, 0.29) is 11.6 Å². The molecule has 3 heteroatoms. The van der Waals surface area contributed by atoms with Crippen LogP contribution in [0.25, 0.3) is 0 Å². The molecule has 0 unspecified atom stereocenters. The van der Waals surface area contributed by atoms with Crippen LogP contribution in [-0.4, -0.2) is 4.57 Å². The lowest BCUT2D eigenvalue weighted by atomic mass is 9.99. The molecule has 0 aliphatic carbocycles. The maximum absolute atomic E-state index is 11.6. The Bertz CT molecular complexity index is 428. The lowest BCUT2D eigenvalue weighted by molar-refractivity contribution is 0.394. The zero-order valence-corrected chi connectivity index (χ0v) is 7.94. The van der Waals surface area contributed by atoms with Crippen LogP contribution in [-0.2, 0) is 6.42 Å². The van der Waals surface area contributed by atoms with Crippen LogP contribution < -0.4 is 5.56 Å². The van der Waals surface area contributed by atoms with Gasteiger partial charge in [0.1, 0.15) is 0 Å². The van der Waals surface area contributed by atoms with E-state index < -0.39 is 0 Å². The molecule has 1 aliphatic rings. The molecular weight excluding hydrogens is 176 g/mol. The van der Waals surface area contributed by atoms with Gasteiger partial charge in [-0.3, -0.25) is 4.79 Å². The highest BCUT2D eigenvalue weighted by Crippen LogP contribution is 2.24. The van der Waals surface area contributed by atoms with Gasteiger partial charge in [-0.05, 0) is 25.3 Å². The highest BCUT2D eigenvalue weighted by molar-refractivity contribution is 5.11. The van der Waals surface area contributed by atoms with Gasteiger partial charge >= 0.3 is 0 Å². The Morgan fingerprint density at radius 2 is 2.43 bits per heavy atom. The second-order valence-corrected chi connectivity index (χ2v) is 3.63. The maximum Gasteiger partial charge on any atom is 0.251 e. The van der Waals surface area contributed by atoms with Crippen molar-refractivity contribution in [1.29, 1.82) is 5.26 Å². The summed E-state index contributed by atoms with van der Waals surface area (Å²) in [6.45, 7) is 0. The summed E-state index contributed by atoms with van der Waals surface area (Å²) < 4.78 is 1.78. The van der Waals surface area contributed by atoms with E-state index in [0.29, 0.717) is 6.42 Å². The smallest absolute Gasteiger partial charge is 0.251 e. The molecule has 3 nitrogen and oxygen atoms in total. The molecule has 0 aromatic carbocycles. The minimum atomic E-state index is 0.0300. The summed E-state index contributed by atoms with van der Waals surface area (Å²) in [6.07, 6.45) is 3.43. The molecule has 1 aromatic heterocycles. The second-order valence-electron chi connectivity index (χ2n) is 3.63. The van der Waals surface area contributed by atoms with Crippen molar-refractivity contribution in [1.82, 2.24) is 4.57 Å². The number of pyridine rings is 1. The van der Waals surface area contributed by atoms with Gasteiger partial charge in [0, 0.05) is 17.8 Å². The van der Waals surface area contributed by atoms with Gasteiger partial charge in [-0.15, -0.1) is 0 Å². The van der Waals surface area contributed by atoms with Gasteiger partial charge in [0.2, 0.25) is 0 Å². The van der Waals surface area contributed by atoms with Gasteiger partial charge in [0.15, 0.2) is 0 Å². The van der Waals surface area contributed by atoms with Crippen molar-refractivity contribution in [3.63, 3.8) is 0 Å². The summed E-state index contributed by atoms with van der Waals surface area (Å²) in [7, 11) is 0. The van der Waals surface area contributed by atoms with E-state index in [1.54, 1.807) is 16.7 Å². The fourth-order valence-corrected chi connectivity index (χ4v) is 2.11. The Kier molecular flexibility index (Phi) is 2.36. The highest BCUT2D eigenvalue weighted by Gasteiger charge is 2.19. The molecule has 14 heavy (non-hydrogen) atoms. The minimum absolute atomic E-state index is 0.0300. The van der Waals surface area contributed by atoms with E-state index in [1.165, 1.54) is 0 Å². The number of nitrogens with zero attached hydrogens (tertiary/aromatic N) is 2. The molecule has 0 fully saturated rings. The summed E-state index contributed by atoms with van der Waals surface area (Å²) in [5.41, 5.74) is 1.10. The van der Waals surface area contributed by atoms with Crippen molar-refractivity contribution < 1.29 is 0 Å². The topological polar surface area (TPSA) is 45.8 Å².